The van der Waals surface area contributed by atoms with Gasteiger partial charge in [-0.2, -0.15) is 5.26 Å². The first-order valence-electron chi connectivity index (χ1n) is 9.67. The summed E-state index contributed by atoms with van der Waals surface area (Å²) in [6.45, 7) is 1.91. The van der Waals surface area contributed by atoms with Crippen molar-refractivity contribution < 1.29 is 4.79 Å². The Morgan fingerprint density at radius 1 is 1.16 bits per heavy atom. The molecule has 0 aliphatic rings. The number of nitriles is 1. The number of nitrogens with zero attached hydrogens (tertiary/aromatic N) is 3. The van der Waals surface area contributed by atoms with E-state index in [1.165, 1.54) is 4.57 Å². The molecule has 158 valence electrons. The maximum Gasteiger partial charge on any atom is 0.266 e. The van der Waals surface area contributed by atoms with Crippen molar-refractivity contribution in [3.8, 4) is 11.8 Å². The quantitative estimate of drug-likeness (QED) is 0.336. The summed E-state index contributed by atoms with van der Waals surface area (Å²) in [6, 6.07) is 21.2. The molecule has 1 amide bonds. The van der Waals surface area contributed by atoms with Crippen LogP contribution in [0.3, 0.4) is 0 Å². The molecule has 0 saturated carbocycles. The van der Waals surface area contributed by atoms with E-state index in [1.54, 1.807) is 42.5 Å². The number of fused-ring (bicyclic) bond motifs is 1. The van der Waals surface area contributed by atoms with Crippen LogP contribution in [-0.4, -0.2) is 21.2 Å². The molecule has 1 aromatic heterocycles. The highest BCUT2D eigenvalue weighted by Gasteiger charge is 2.16. The Hall–Kier alpha value is -3.60. The zero-order chi connectivity index (χ0) is 22.7. The molecule has 0 aliphatic heterocycles. The Morgan fingerprint density at radius 3 is 2.75 bits per heavy atom. The highest BCUT2D eigenvalue weighted by molar-refractivity contribution is 7.99. The van der Waals surface area contributed by atoms with Gasteiger partial charge < -0.3 is 5.32 Å². The fourth-order valence-electron chi connectivity index (χ4n) is 3.26. The average Bonchev–Trinajstić information content (AvgIpc) is 2.78. The third kappa shape index (κ3) is 4.52. The number of aryl methyl sites for hydroxylation is 1. The first-order valence-corrected chi connectivity index (χ1v) is 11.0. The van der Waals surface area contributed by atoms with Gasteiger partial charge in [-0.25, -0.2) is 4.98 Å². The number of halogens is 1. The molecule has 0 spiro atoms. The second-order valence-corrected chi connectivity index (χ2v) is 8.39. The van der Waals surface area contributed by atoms with Gasteiger partial charge in [0.25, 0.3) is 5.56 Å². The van der Waals surface area contributed by atoms with Crippen LogP contribution in [0.2, 0.25) is 5.02 Å². The van der Waals surface area contributed by atoms with Crippen LogP contribution in [0.4, 0.5) is 5.69 Å². The maximum atomic E-state index is 13.4. The molecule has 4 aromatic rings. The Kier molecular flexibility index (Phi) is 6.26. The van der Waals surface area contributed by atoms with Crippen molar-refractivity contribution >= 4 is 45.9 Å². The van der Waals surface area contributed by atoms with E-state index >= 15 is 0 Å². The Labute approximate surface area is 193 Å². The largest absolute Gasteiger partial charge is 0.325 e. The molecule has 4 rings (SSSR count). The van der Waals surface area contributed by atoms with Crippen LogP contribution in [-0.2, 0) is 4.79 Å². The predicted molar refractivity (Wildman–Crippen MR) is 128 cm³/mol. The highest BCUT2D eigenvalue weighted by Crippen LogP contribution is 2.24. The second kappa shape index (κ2) is 9.27. The third-order valence-electron chi connectivity index (χ3n) is 4.76. The van der Waals surface area contributed by atoms with Gasteiger partial charge in [0.15, 0.2) is 5.16 Å². The second-order valence-electron chi connectivity index (χ2n) is 7.01. The summed E-state index contributed by atoms with van der Waals surface area (Å²) in [5.41, 5.74) is 2.83. The van der Waals surface area contributed by atoms with Gasteiger partial charge in [0.1, 0.15) is 0 Å². The number of thioether (sulfide) groups is 1. The summed E-state index contributed by atoms with van der Waals surface area (Å²) in [4.78, 5) is 30.5. The summed E-state index contributed by atoms with van der Waals surface area (Å²) >= 11 is 7.26. The number of carbonyl (C=O) groups is 1. The van der Waals surface area contributed by atoms with Gasteiger partial charge in [-0.3, -0.25) is 14.2 Å². The molecule has 32 heavy (non-hydrogen) atoms. The van der Waals surface area contributed by atoms with Gasteiger partial charge in [0, 0.05) is 10.7 Å². The van der Waals surface area contributed by atoms with Crippen LogP contribution in [0.5, 0.6) is 0 Å². The molecule has 3 aromatic carbocycles. The molecule has 0 saturated heterocycles. The molecular formula is C24H17ClN4O2S. The third-order valence-corrected chi connectivity index (χ3v) is 5.94. The lowest BCUT2D eigenvalue weighted by molar-refractivity contribution is -0.113. The number of rotatable bonds is 5. The first kappa shape index (κ1) is 21.6. The number of amides is 1. The number of carbonyl (C=O) groups excluding carboxylic acids is 1. The van der Waals surface area contributed by atoms with Crippen molar-refractivity contribution in [2.45, 2.75) is 12.1 Å². The van der Waals surface area contributed by atoms with Crippen molar-refractivity contribution in [3.05, 3.63) is 93.2 Å². The molecule has 0 fully saturated rings. The lowest BCUT2D eigenvalue weighted by Crippen LogP contribution is -2.23. The molecule has 0 bridgehead atoms. The van der Waals surface area contributed by atoms with Gasteiger partial charge in [-0.05, 0) is 55.0 Å². The van der Waals surface area contributed by atoms with Crippen molar-refractivity contribution in [1.29, 1.82) is 5.26 Å². The average molecular weight is 461 g/mol. The molecule has 1 heterocycles. The molecule has 0 unspecified atom stereocenters. The Morgan fingerprint density at radius 2 is 1.97 bits per heavy atom. The van der Waals surface area contributed by atoms with Gasteiger partial charge in [0.2, 0.25) is 5.91 Å². The minimum absolute atomic E-state index is 0.0289. The highest BCUT2D eigenvalue weighted by atomic mass is 35.5. The maximum absolute atomic E-state index is 13.4. The van der Waals surface area contributed by atoms with E-state index in [4.69, 9.17) is 16.9 Å². The monoisotopic (exact) mass is 460 g/mol. The Balaban J connectivity index is 1.70. The van der Waals surface area contributed by atoms with Crippen LogP contribution in [0, 0.1) is 18.3 Å². The van der Waals surface area contributed by atoms with Crippen molar-refractivity contribution in [1.82, 2.24) is 9.55 Å². The summed E-state index contributed by atoms with van der Waals surface area (Å²) in [6.07, 6.45) is 0. The number of anilines is 1. The summed E-state index contributed by atoms with van der Waals surface area (Å²) in [5.74, 6) is -0.247. The van der Waals surface area contributed by atoms with E-state index in [-0.39, 0.29) is 17.2 Å². The molecule has 6 nitrogen and oxygen atoms in total. The van der Waals surface area contributed by atoms with Gasteiger partial charge in [-0.1, -0.05) is 47.6 Å². The van der Waals surface area contributed by atoms with E-state index in [0.717, 1.165) is 17.3 Å². The van der Waals surface area contributed by atoms with Crippen LogP contribution >= 0.6 is 23.4 Å². The number of benzene rings is 3. The smallest absolute Gasteiger partial charge is 0.266 e. The van der Waals surface area contributed by atoms with E-state index in [1.807, 2.05) is 37.3 Å². The number of aromatic nitrogens is 2. The summed E-state index contributed by atoms with van der Waals surface area (Å²) in [7, 11) is 0. The lowest BCUT2D eigenvalue weighted by Gasteiger charge is -2.15. The number of hydrogen-bond donors (Lipinski definition) is 1. The van der Waals surface area contributed by atoms with E-state index < -0.39 is 0 Å². The fraction of sp³-hybridized carbons (Fsp3) is 0.0833. The lowest BCUT2D eigenvalue weighted by atomic mass is 10.2. The summed E-state index contributed by atoms with van der Waals surface area (Å²) in [5, 5.41) is 13.1. The number of hydrogen-bond acceptors (Lipinski definition) is 5. The molecule has 0 aliphatic carbocycles. The van der Waals surface area contributed by atoms with Gasteiger partial charge in [0.05, 0.1) is 34.0 Å². The standard InChI is InChI=1S/C24H17ClN4O2S/c1-15-5-2-3-8-21(15)29-23(31)19-10-9-17(25)12-20(19)28-24(29)32-14-22(30)27-18-7-4-6-16(11-18)13-26/h2-12H,14H2,1H3,(H,27,30). The SMILES string of the molecule is Cc1ccccc1-n1c(SCC(=O)Nc2cccc(C#N)c2)nc2cc(Cl)ccc2c1=O. The van der Waals surface area contributed by atoms with Crippen molar-refractivity contribution in [2.24, 2.45) is 0 Å². The van der Waals surface area contributed by atoms with Crippen LogP contribution in [0.25, 0.3) is 16.6 Å². The van der Waals surface area contributed by atoms with E-state index in [9.17, 15) is 9.59 Å². The topological polar surface area (TPSA) is 87.8 Å². The minimum Gasteiger partial charge on any atom is -0.325 e. The fourth-order valence-corrected chi connectivity index (χ4v) is 4.23. The zero-order valence-corrected chi connectivity index (χ0v) is 18.6. The number of nitrogens with one attached hydrogen (secondary N) is 1. The predicted octanol–water partition coefficient (Wildman–Crippen LogP) is 4.95. The number of para-hydroxylation sites is 1. The van der Waals surface area contributed by atoms with Gasteiger partial charge in [-0.15, -0.1) is 0 Å². The molecule has 1 N–H and O–H groups in total. The van der Waals surface area contributed by atoms with Crippen molar-refractivity contribution in [3.63, 3.8) is 0 Å². The normalized spacial score (nSPS) is 10.7. The zero-order valence-electron chi connectivity index (χ0n) is 17.0. The molecular weight excluding hydrogens is 444 g/mol. The molecule has 0 radical (unpaired) electrons. The minimum atomic E-state index is -0.276. The van der Waals surface area contributed by atoms with Crippen LogP contribution in [0.15, 0.2) is 76.7 Å². The van der Waals surface area contributed by atoms with E-state index in [2.05, 4.69) is 10.3 Å². The summed E-state index contributed by atoms with van der Waals surface area (Å²) < 4.78 is 1.53. The first-order chi connectivity index (χ1) is 15.5. The molecule has 8 heteroatoms. The molecule has 0 atom stereocenters. The van der Waals surface area contributed by atoms with Crippen molar-refractivity contribution in [2.75, 3.05) is 11.1 Å². The van der Waals surface area contributed by atoms with Crippen LogP contribution < -0.4 is 10.9 Å². The van der Waals surface area contributed by atoms with Crippen LogP contribution in [0.1, 0.15) is 11.1 Å². The van der Waals surface area contributed by atoms with Gasteiger partial charge >= 0.3 is 0 Å². The van der Waals surface area contributed by atoms with E-state index in [0.29, 0.717) is 38.0 Å². The Bertz CT molecular complexity index is 1440.